The zero-order valence-electron chi connectivity index (χ0n) is 13.3. The number of ketones is 2. The Balaban J connectivity index is 2.11. The van der Waals surface area contributed by atoms with E-state index in [1.807, 2.05) is 0 Å². The third kappa shape index (κ3) is 2.66. The van der Waals surface area contributed by atoms with Crippen LogP contribution in [0.5, 0.6) is 0 Å². The predicted octanol–water partition coefficient (Wildman–Crippen LogP) is 1.20. The van der Waals surface area contributed by atoms with Crippen LogP contribution in [-0.4, -0.2) is 37.7 Å². The Morgan fingerprint density at radius 1 is 0.708 bits per heavy atom. The van der Waals surface area contributed by atoms with Gasteiger partial charge in [-0.25, -0.2) is 0 Å². The maximum absolute atomic E-state index is 13.0. The van der Waals surface area contributed by atoms with Crippen LogP contribution in [0.2, 0.25) is 0 Å². The summed E-state index contributed by atoms with van der Waals surface area (Å²) in [6.07, 6.45) is 0. The van der Waals surface area contributed by atoms with Gasteiger partial charge in [0.15, 0.2) is 11.6 Å². The highest BCUT2D eigenvalue weighted by molar-refractivity contribution is 6.31. The van der Waals surface area contributed by atoms with Crippen LogP contribution in [0.3, 0.4) is 0 Å². The lowest BCUT2D eigenvalue weighted by atomic mass is 9.82. The van der Waals surface area contributed by atoms with Gasteiger partial charge in [0, 0.05) is 48.7 Å². The molecule has 2 aromatic rings. The van der Waals surface area contributed by atoms with Gasteiger partial charge in [0.05, 0.1) is 11.1 Å². The van der Waals surface area contributed by atoms with Gasteiger partial charge in [-0.15, -0.1) is 0 Å². The fourth-order valence-electron chi connectivity index (χ4n) is 2.95. The average molecular weight is 324 g/mol. The van der Waals surface area contributed by atoms with E-state index in [-0.39, 0.29) is 11.6 Å². The Morgan fingerprint density at radius 2 is 1.12 bits per heavy atom. The van der Waals surface area contributed by atoms with E-state index in [1.54, 1.807) is 36.4 Å². The molecule has 0 saturated heterocycles. The van der Waals surface area contributed by atoms with Crippen LogP contribution in [0.15, 0.2) is 36.4 Å². The van der Waals surface area contributed by atoms with Crippen molar-refractivity contribution in [3.8, 4) is 0 Å². The molecule has 0 atom stereocenters. The number of hydrogen-bond donors (Lipinski definition) is 4. The quantitative estimate of drug-likeness (QED) is 0.542. The molecule has 0 radical (unpaired) electrons. The summed E-state index contributed by atoms with van der Waals surface area (Å²) in [4.78, 5) is 26.0. The van der Waals surface area contributed by atoms with Crippen molar-refractivity contribution in [3.63, 3.8) is 0 Å². The van der Waals surface area contributed by atoms with Crippen LogP contribution in [-0.2, 0) is 0 Å². The number of rotatable bonds is 6. The Labute approximate surface area is 140 Å². The van der Waals surface area contributed by atoms with Gasteiger partial charge in [-0.3, -0.25) is 9.59 Å². The lowest BCUT2D eigenvalue weighted by Crippen LogP contribution is -2.25. The van der Waals surface area contributed by atoms with Crippen LogP contribution in [0.1, 0.15) is 31.8 Å². The second-order valence-corrected chi connectivity index (χ2v) is 5.55. The average Bonchev–Trinajstić information content (AvgIpc) is 2.62. The molecule has 6 nitrogen and oxygen atoms in total. The van der Waals surface area contributed by atoms with Crippen LogP contribution in [0.25, 0.3) is 0 Å². The van der Waals surface area contributed by atoms with Gasteiger partial charge in [-0.05, 0) is 12.1 Å². The second-order valence-electron chi connectivity index (χ2n) is 5.55. The van der Waals surface area contributed by atoms with E-state index in [0.29, 0.717) is 59.8 Å². The first kappa shape index (κ1) is 16.2. The Hall–Kier alpha value is -2.70. The van der Waals surface area contributed by atoms with Crippen LogP contribution < -0.4 is 22.1 Å². The third-order valence-electron chi connectivity index (χ3n) is 3.99. The van der Waals surface area contributed by atoms with Gasteiger partial charge in [0.1, 0.15) is 0 Å². The summed E-state index contributed by atoms with van der Waals surface area (Å²) in [5, 5.41) is 6.25. The zero-order valence-corrected chi connectivity index (χ0v) is 13.3. The number of anilines is 2. The van der Waals surface area contributed by atoms with Gasteiger partial charge in [-0.2, -0.15) is 0 Å². The molecule has 0 saturated carbocycles. The summed E-state index contributed by atoms with van der Waals surface area (Å²) >= 11 is 0. The second kappa shape index (κ2) is 6.82. The Morgan fingerprint density at radius 3 is 1.50 bits per heavy atom. The number of hydrogen-bond acceptors (Lipinski definition) is 6. The Kier molecular flexibility index (Phi) is 4.59. The molecule has 6 heteroatoms. The lowest BCUT2D eigenvalue weighted by molar-refractivity contribution is 0.0980. The van der Waals surface area contributed by atoms with Gasteiger partial charge in [0.25, 0.3) is 0 Å². The lowest BCUT2D eigenvalue weighted by Gasteiger charge is -2.23. The SMILES string of the molecule is NCCNc1cccc2c1C(=O)c1cccc(NCCN)c1C2=O. The summed E-state index contributed by atoms with van der Waals surface area (Å²) in [6.45, 7) is 1.94. The number of benzene rings is 2. The van der Waals surface area contributed by atoms with E-state index < -0.39 is 0 Å². The van der Waals surface area contributed by atoms with E-state index in [2.05, 4.69) is 10.6 Å². The van der Waals surface area contributed by atoms with Crippen molar-refractivity contribution in [1.82, 2.24) is 0 Å². The molecule has 124 valence electrons. The third-order valence-corrected chi connectivity index (χ3v) is 3.99. The first-order chi connectivity index (χ1) is 11.7. The van der Waals surface area contributed by atoms with Crippen molar-refractivity contribution >= 4 is 22.9 Å². The molecule has 6 N–H and O–H groups in total. The summed E-state index contributed by atoms with van der Waals surface area (Å²) in [7, 11) is 0. The van der Waals surface area contributed by atoms with Crippen molar-refractivity contribution < 1.29 is 9.59 Å². The van der Waals surface area contributed by atoms with Crippen LogP contribution in [0.4, 0.5) is 11.4 Å². The maximum atomic E-state index is 13.0. The van der Waals surface area contributed by atoms with E-state index in [9.17, 15) is 9.59 Å². The molecular weight excluding hydrogens is 304 g/mol. The Bertz CT molecular complexity index is 734. The summed E-state index contributed by atoms with van der Waals surface area (Å²) in [5.74, 6) is -0.313. The molecule has 2 aromatic carbocycles. The van der Waals surface area contributed by atoms with Gasteiger partial charge >= 0.3 is 0 Å². The van der Waals surface area contributed by atoms with Crippen molar-refractivity contribution in [2.45, 2.75) is 0 Å². The molecule has 3 rings (SSSR count). The number of fused-ring (bicyclic) bond motifs is 2. The molecule has 0 aliphatic heterocycles. The van der Waals surface area contributed by atoms with Gasteiger partial charge < -0.3 is 22.1 Å². The first-order valence-corrected chi connectivity index (χ1v) is 7.92. The normalized spacial score (nSPS) is 12.6. The fourth-order valence-corrected chi connectivity index (χ4v) is 2.95. The number of carbonyl (C=O) groups excluding carboxylic acids is 2. The summed E-state index contributed by atoms with van der Waals surface area (Å²) in [6, 6.07) is 10.5. The molecule has 1 aliphatic carbocycles. The highest BCUT2D eigenvalue weighted by Crippen LogP contribution is 2.35. The highest BCUT2D eigenvalue weighted by atomic mass is 16.1. The largest absolute Gasteiger partial charge is 0.383 e. The molecule has 0 heterocycles. The maximum Gasteiger partial charge on any atom is 0.196 e. The minimum absolute atomic E-state index is 0.156. The molecule has 0 fully saturated rings. The minimum atomic E-state index is -0.156. The minimum Gasteiger partial charge on any atom is -0.383 e. The molecular formula is C18H20N4O2. The van der Waals surface area contributed by atoms with E-state index in [0.717, 1.165) is 0 Å². The standard InChI is InChI=1S/C18H20N4O2/c19-7-9-21-13-5-1-3-11-15(13)18(24)12-4-2-6-14(22-10-8-20)16(12)17(11)23/h1-6,21-22H,7-10,19-20H2. The van der Waals surface area contributed by atoms with E-state index >= 15 is 0 Å². The van der Waals surface area contributed by atoms with Crippen LogP contribution in [0, 0.1) is 0 Å². The highest BCUT2D eigenvalue weighted by Gasteiger charge is 2.33. The molecule has 1 aliphatic rings. The summed E-state index contributed by atoms with van der Waals surface area (Å²) < 4.78 is 0. The molecule has 0 amide bonds. The topological polar surface area (TPSA) is 110 Å². The fraction of sp³-hybridized carbons (Fsp3) is 0.222. The molecule has 0 bridgehead atoms. The first-order valence-electron chi connectivity index (χ1n) is 7.92. The van der Waals surface area contributed by atoms with E-state index in [4.69, 9.17) is 11.5 Å². The van der Waals surface area contributed by atoms with Crippen molar-refractivity contribution in [3.05, 3.63) is 58.7 Å². The smallest absolute Gasteiger partial charge is 0.196 e. The summed E-state index contributed by atoms with van der Waals surface area (Å²) in [5.41, 5.74) is 14.0. The van der Waals surface area contributed by atoms with Gasteiger partial charge in [-0.1, -0.05) is 24.3 Å². The number of nitrogens with two attached hydrogens (primary N) is 2. The van der Waals surface area contributed by atoms with Crippen LogP contribution >= 0.6 is 0 Å². The number of nitrogens with one attached hydrogen (secondary N) is 2. The van der Waals surface area contributed by atoms with Gasteiger partial charge in [0.2, 0.25) is 0 Å². The van der Waals surface area contributed by atoms with Crippen molar-refractivity contribution in [1.29, 1.82) is 0 Å². The monoisotopic (exact) mass is 324 g/mol. The number of carbonyl (C=O) groups is 2. The molecule has 0 unspecified atom stereocenters. The van der Waals surface area contributed by atoms with Crippen molar-refractivity contribution in [2.24, 2.45) is 11.5 Å². The van der Waals surface area contributed by atoms with Crippen molar-refractivity contribution in [2.75, 3.05) is 36.8 Å². The molecule has 0 aromatic heterocycles. The molecule has 0 spiro atoms. The predicted molar refractivity (Wildman–Crippen MR) is 94.8 cm³/mol. The zero-order chi connectivity index (χ0) is 17.1. The molecule has 24 heavy (non-hydrogen) atoms. The van der Waals surface area contributed by atoms with E-state index in [1.165, 1.54) is 0 Å².